The van der Waals surface area contributed by atoms with E-state index in [0.29, 0.717) is 22.8 Å². The number of aromatic nitrogens is 1. The Morgan fingerprint density at radius 1 is 1.53 bits per heavy atom. The third-order valence-electron chi connectivity index (χ3n) is 2.30. The van der Waals surface area contributed by atoms with Crippen LogP contribution in [0.5, 0.6) is 0 Å². The van der Waals surface area contributed by atoms with E-state index in [9.17, 15) is 0 Å². The van der Waals surface area contributed by atoms with Gasteiger partial charge in [-0.25, -0.2) is 4.98 Å². The molecule has 1 heterocycles. The Labute approximate surface area is 108 Å². The molecule has 0 bridgehead atoms. The van der Waals surface area contributed by atoms with Crippen molar-refractivity contribution in [2.24, 2.45) is 0 Å². The van der Waals surface area contributed by atoms with Gasteiger partial charge in [0.15, 0.2) is 0 Å². The molecule has 1 aromatic carbocycles. The van der Waals surface area contributed by atoms with Crippen LogP contribution in [0.3, 0.4) is 0 Å². The Kier molecular flexibility index (Phi) is 3.61. The van der Waals surface area contributed by atoms with Gasteiger partial charge in [-0.15, -0.1) is 11.3 Å². The highest BCUT2D eigenvalue weighted by Gasteiger charge is 2.05. The number of hydrogen-bond acceptors (Lipinski definition) is 5. The minimum absolute atomic E-state index is 0.555. The van der Waals surface area contributed by atoms with Crippen molar-refractivity contribution in [1.29, 1.82) is 5.41 Å². The van der Waals surface area contributed by atoms with Crippen LogP contribution in [0.25, 0.3) is 0 Å². The lowest BCUT2D eigenvalue weighted by atomic mass is 10.1. The highest BCUT2D eigenvalue weighted by Crippen LogP contribution is 2.23. The first-order valence-electron chi connectivity index (χ1n) is 4.91. The predicted octanol–water partition coefficient (Wildman–Crippen LogP) is 2.99. The molecule has 2 aromatic rings. The Hall–Kier alpha value is -1.59. The summed E-state index contributed by atoms with van der Waals surface area (Å²) in [5.74, 6) is 0.820. The van der Waals surface area contributed by atoms with Gasteiger partial charge < -0.3 is 16.5 Å². The topological polar surface area (TPSA) is 74.8 Å². The Balaban J connectivity index is 2.16. The molecule has 17 heavy (non-hydrogen) atoms. The molecular formula is C11H11ClN4S. The van der Waals surface area contributed by atoms with Gasteiger partial charge in [-0.2, -0.15) is 0 Å². The first-order valence-corrected chi connectivity index (χ1v) is 6.23. The lowest BCUT2D eigenvalue weighted by Gasteiger charge is -2.08. The number of nitrogens with two attached hydrogens (primary N) is 1. The van der Waals surface area contributed by atoms with Crippen molar-refractivity contribution in [3.8, 4) is 0 Å². The average Bonchev–Trinajstić information content (AvgIpc) is 2.82. The number of nitrogen functional groups attached to an aromatic ring is 1. The molecule has 2 rings (SSSR count). The second kappa shape index (κ2) is 5.16. The van der Waals surface area contributed by atoms with E-state index in [2.05, 4.69) is 10.3 Å². The summed E-state index contributed by atoms with van der Waals surface area (Å²) in [6.07, 6.45) is 1.19. The van der Waals surface area contributed by atoms with Crippen LogP contribution in [0.2, 0.25) is 5.02 Å². The highest BCUT2D eigenvalue weighted by molar-refractivity contribution is 7.07. The van der Waals surface area contributed by atoms with Gasteiger partial charge in [0, 0.05) is 34.4 Å². The van der Waals surface area contributed by atoms with Crippen molar-refractivity contribution < 1.29 is 0 Å². The van der Waals surface area contributed by atoms with Crippen LogP contribution in [-0.2, 0) is 6.54 Å². The van der Waals surface area contributed by atoms with Crippen molar-refractivity contribution in [2.75, 3.05) is 11.1 Å². The van der Waals surface area contributed by atoms with Crippen molar-refractivity contribution >= 4 is 40.7 Å². The lowest BCUT2D eigenvalue weighted by Crippen LogP contribution is -2.03. The SMILES string of the molecule is N=Cc1cc(Cl)c(CNc2cscn2)cc1N. The number of nitrogens with one attached hydrogen (secondary N) is 2. The van der Waals surface area contributed by atoms with Crippen LogP contribution in [0.1, 0.15) is 11.1 Å². The largest absolute Gasteiger partial charge is 0.398 e. The van der Waals surface area contributed by atoms with Gasteiger partial charge in [-0.05, 0) is 17.7 Å². The fourth-order valence-electron chi connectivity index (χ4n) is 1.40. The number of rotatable bonds is 4. The molecule has 0 aliphatic carbocycles. The van der Waals surface area contributed by atoms with Gasteiger partial charge in [-0.1, -0.05) is 11.6 Å². The molecule has 4 N–H and O–H groups in total. The van der Waals surface area contributed by atoms with Gasteiger partial charge >= 0.3 is 0 Å². The molecule has 0 radical (unpaired) electrons. The number of halogens is 1. The minimum Gasteiger partial charge on any atom is -0.398 e. The summed E-state index contributed by atoms with van der Waals surface area (Å²) in [5, 5.41) is 12.8. The standard InChI is InChI=1S/C11H11ClN4S/c12-9-1-7(3-13)10(14)2-8(9)4-15-11-5-17-6-16-11/h1-3,5-6,13,15H,4,14H2. The first-order chi connectivity index (χ1) is 8.20. The molecule has 0 atom stereocenters. The molecule has 4 nitrogen and oxygen atoms in total. The number of benzene rings is 1. The number of hydrogen-bond donors (Lipinski definition) is 3. The summed E-state index contributed by atoms with van der Waals surface area (Å²) in [4.78, 5) is 4.11. The van der Waals surface area contributed by atoms with Gasteiger partial charge in [0.05, 0.1) is 5.51 Å². The second-order valence-electron chi connectivity index (χ2n) is 3.44. The normalized spacial score (nSPS) is 10.2. The van der Waals surface area contributed by atoms with E-state index >= 15 is 0 Å². The number of nitrogens with zero attached hydrogens (tertiary/aromatic N) is 1. The summed E-state index contributed by atoms with van der Waals surface area (Å²) in [5.41, 5.74) is 9.64. The molecular weight excluding hydrogens is 256 g/mol. The molecule has 1 aromatic heterocycles. The number of thiazole rings is 1. The van der Waals surface area contributed by atoms with Crippen LogP contribution in [0, 0.1) is 5.41 Å². The fourth-order valence-corrected chi connectivity index (χ4v) is 2.15. The van der Waals surface area contributed by atoms with Gasteiger partial charge in [0.2, 0.25) is 0 Å². The molecule has 6 heteroatoms. The van der Waals surface area contributed by atoms with Crippen molar-refractivity contribution in [3.05, 3.63) is 39.2 Å². The average molecular weight is 267 g/mol. The lowest BCUT2D eigenvalue weighted by molar-refractivity contribution is 1.12. The molecule has 0 amide bonds. The van der Waals surface area contributed by atoms with Crippen LogP contribution in [0.4, 0.5) is 11.5 Å². The summed E-state index contributed by atoms with van der Waals surface area (Å²) < 4.78 is 0. The van der Waals surface area contributed by atoms with Crippen molar-refractivity contribution in [1.82, 2.24) is 4.98 Å². The predicted molar refractivity (Wildman–Crippen MR) is 73.2 cm³/mol. The smallest absolute Gasteiger partial charge is 0.137 e. The molecule has 0 unspecified atom stereocenters. The Morgan fingerprint density at radius 2 is 2.35 bits per heavy atom. The molecule has 0 saturated carbocycles. The Morgan fingerprint density at radius 3 is 3.00 bits per heavy atom. The fraction of sp³-hybridized carbons (Fsp3) is 0.0909. The maximum Gasteiger partial charge on any atom is 0.137 e. The van der Waals surface area contributed by atoms with E-state index in [1.165, 1.54) is 17.6 Å². The summed E-state index contributed by atoms with van der Waals surface area (Å²) >= 11 is 7.63. The molecule has 0 spiro atoms. The van der Waals surface area contributed by atoms with Gasteiger partial charge in [-0.3, -0.25) is 0 Å². The van der Waals surface area contributed by atoms with E-state index in [1.807, 2.05) is 5.38 Å². The maximum absolute atomic E-state index is 7.18. The Bertz CT molecular complexity index is 525. The molecule has 0 aliphatic rings. The highest BCUT2D eigenvalue weighted by atomic mass is 35.5. The molecule has 0 fully saturated rings. The van der Waals surface area contributed by atoms with Crippen molar-refractivity contribution in [2.45, 2.75) is 6.54 Å². The monoisotopic (exact) mass is 266 g/mol. The first kappa shape index (κ1) is 11.9. The van der Waals surface area contributed by atoms with Gasteiger partial charge in [0.25, 0.3) is 0 Å². The zero-order valence-electron chi connectivity index (χ0n) is 8.90. The van der Waals surface area contributed by atoms with E-state index in [4.69, 9.17) is 22.7 Å². The molecule has 0 aliphatic heterocycles. The van der Waals surface area contributed by atoms with E-state index in [-0.39, 0.29) is 0 Å². The number of anilines is 2. The van der Waals surface area contributed by atoms with E-state index < -0.39 is 0 Å². The molecule has 88 valence electrons. The summed E-state index contributed by atoms with van der Waals surface area (Å²) in [7, 11) is 0. The van der Waals surface area contributed by atoms with Gasteiger partial charge in [0.1, 0.15) is 5.82 Å². The van der Waals surface area contributed by atoms with Crippen LogP contribution >= 0.6 is 22.9 Å². The zero-order valence-corrected chi connectivity index (χ0v) is 10.5. The quantitative estimate of drug-likeness (QED) is 0.588. The molecule has 0 saturated heterocycles. The summed E-state index contributed by atoms with van der Waals surface area (Å²) in [6.45, 7) is 0.561. The zero-order chi connectivity index (χ0) is 12.3. The minimum atomic E-state index is 0.555. The van der Waals surface area contributed by atoms with Crippen LogP contribution in [0.15, 0.2) is 23.0 Å². The third-order valence-corrected chi connectivity index (χ3v) is 3.24. The van der Waals surface area contributed by atoms with Crippen LogP contribution in [-0.4, -0.2) is 11.2 Å². The summed E-state index contributed by atoms with van der Waals surface area (Å²) in [6, 6.07) is 3.48. The van der Waals surface area contributed by atoms with E-state index in [0.717, 1.165) is 11.4 Å². The van der Waals surface area contributed by atoms with E-state index in [1.54, 1.807) is 17.6 Å². The third kappa shape index (κ3) is 2.75. The second-order valence-corrected chi connectivity index (χ2v) is 4.57. The van der Waals surface area contributed by atoms with Crippen molar-refractivity contribution in [3.63, 3.8) is 0 Å². The maximum atomic E-state index is 7.18. The van der Waals surface area contributed by atoms with Crippen LogP contribution < -0.4 is 11.1 Å².